The van der Waals surface area contributed by atoms with Crippen LogP contribution in [0.2, 0.25) is 0 Å². The van der Waals surface area contributed by atoms with Crippen molar-refractivity contribution in [2.75, 3.05) is 0 Å². The van der Waals surface area contributed by atoms with Crippen molar-refractivity contribution < 1.29 is 4.79 Å². The number of aryl methyl sites for hydroxylation is 2. The second-order valence-corrected chi connectivity index (χ2v) is 3.55. The molecule has 1 amide bonds. The predicted octanol–water partition coefficient (Wildman–Crippen LogP) is 1.24. The maximum absolute atomic E-state index is 11.8. The van der Waals surface area contributed by atoms with Gasteiger partial charge < -0.3 is 5.32 Å². The third kappa shape index (κ3) is 2.60. The molecule has 5 nitrogen and oxygen atoms in total. The number of hydrogen-bond donors (Lipinski definition) is 1. The van der Waals surface area contributed by atoms with Crippen molar-refractivity contribution in [3.05, 3.63) is 17.5 Å². The molecule has 0 aliphatic carbocycles. The van der Waals surface area contributed by atoms with E-state index in [2.05, 4.69) is 10.4 Å². The van der Waals surface area contributed by atoms with Gasteiger partial charge in [0.25, 0.3) is 5.91 Å². The fourth-order valence-electron chi connectivity index (χ4n) is 1.43. The zero-order chi connectivity index (χ0) is 12.1. The Morgan fingerprint density at radius 1 is 1.69 bits per heavy atom. The van der Waals surface area contributed by atoms with Crippen LogP contribution in [-0.2, 0) is 6.54 Å². The van der Waals surface area contributed by atoms with Crippen LogP contribution in [-0.4, -0.2) is 21.7 Å². The van der Waals surface area contributed by atoms with Gasteiger partial charge in [0.2, 0.25) is 0 Å². The molecule has 1 rings (SSSR count). The van der Waals surface area contributed by atoms with E-state index >= 15 is 0 Å². The highest BCUT2D eigenvalue weighted by atomic mass is 16.2. The van der Waals surface area contributed by atoms with E-state index in [9.17, 15) is 4.79 Å². The first kappa shape index (κ1) is 12.2. The number of nitrogens with one attached hydrogen (secondary N) is 1. The average molecular weight is 220 g/mol. The van der Waals surface area contributed by atoms with E-state index < -0.39 is 6.04 Å². The normalized spacial score (nSPS) is 11.9. The van der Waals surface area contributed by atoms with Crippen molar-refractivity contribution in [1.29, 1.82) is 5.26 Å². The van der Waals surface area contributed by atoms with Crippen LogP contribution >= 0.6 is 0 Å². The minimum atomic E-state index is -0.437. The van der Waals surface area contributed by atoms with Crippen LogP contribution in [0.5, 0.6) is 0 Å². The molecule has 0 fully saturated rings. The molecule has 0 aromatic carbocycles. The SMILES string of the molecule is CCC(C#N)NC(=O)c1cc(C)nn1CC. The lowest BCUT2D eigenvalue weighted by Gasteiger charge is -2.09. The number of amides is 1. The van der Waals surface area contributed by atoms with Crippen LogP contribution in [0.4, 0.5) is 0 Å². The van der Waals surface area contributed by atoms with Gasteiger partial charge in [-0.3, -0.25) is 9.48 Å². The number of rotatable bonds is 4. The van der Waals surface area contributed by atoms with Gasteiger partial charge in [0.05, 0.1) is 11.8 Å². The highest BCUT2D eigenvalue weighted by molar-refractivity contribution is 5.93. The Bertz CT molecular complexity index is 416. The minimum absolute atomic E-state index is 0.240. The fraction of sp³-hybridized carbons (Fsp3) is 0.545. The van der Waals surface area contributed by atoms with Crippen molar-refractivity contribution in [2.24, 2.45) is 0 Å². The Morgan fingerprint density at radius 2 is 2.38 bits per heavy atom. The Balaban J connectivity index is 2.84. The van der Waals surface area contributed by atoms with E-state index in [0.717, 1.165) is 5.69 Å². The van der Waals surface area contributed by atoms with Gasteiger partial charge in [0, 0.05) is 6.54 Å². The first-order chi connectivity index (χ1) is 7.62. The molecule has 16 heavy (non-hydrogen) atoms. The minimum Gasteiger partial charge on any atom is -0.335 e. The molecule has 0 spiro atoms. The third-order valence-electron chi connectivity index (χ3n) is 2.30. The van der Waals surface area contributed by atoms with Gasteiger partial charge in [-0.15, -0.1) is 0 Å². The summed E-state index contributed by atoms with van der Waals surface area (Å²) in [5, 5.41) is 15.6. The molecule has 1 aromatic heterocycles. The lowest BCUT2D eigenvalue weighted by molar-refractivity contribution is 0.0934. The molecule has 0 saturated heterocycles. The Kier molecular flexibility index (Phi) is 4.06. The lowest BCUT2D eigenvalue weighted by atomic mass is 10.2. The number of aromatic nitrogens is 2. The summed E-state index contributed by atoms with van der Waals surface area (Å²) >= 11 is 0. The Hall–Kier alpha value is -1.83. The van der Waals surface area contributed by atoms with E-state index in [-0.39, 0.29) is 5.91 Å². The Morgan fingerprint density at radius 3 is 2.88 bits per heavy atom. The van der Waals surface area contributed by atoms with Crippen LogP contribution in [0.25, 0.3) is 0 Å². The van der Waals surface area contributed by atoms with Crippen molar-refractivity contribution in [1.82, 2.24) is 15.1 Å². The summed E-state index contributed by atoms with van der Waals surface area (Å²) in [6, 6.07) is 3.32. The van der Waals surface area contributed by atoms with E-state index in [1.54, 1.807) is 10.7 Å². The van der Waals surface area contributed by atoms with Gasteiger partial charge >= 0.3 is 0 Å². The van der Waals surface area contributed by atoms with E-state index in [0.29, 0.717) is 18.7 Å². The summed E-state index contributed by atoms with van der Waals surface area (Å²) in [5.74, 6) is -0.240. The van der Waals surface area contributed by atoms with Crippen molar-refractivity contribution >= 4 is 5.91 Å². The number of nitriles is 1. The lowest BCUT2D eigenvalue weighted by Crippen LogP contribution is -2.34. The third-order valence-corrected chi connectivity index (χ3v) is 2.30. The highest BCUT2D eigenvalue weighted by Crippen LogP contribution is 2.04. The molecule has 0 bridgehead atoms. The van der Waals surface area contributed by atoms with Crippen LogP contribution in [0.1, 0.15) is 36.5 Å². The molecule has 1 aromatic rings. The molecule has 0 aliphatic heterocycles. The van der Waals surface area contributed by atoms with Crippen molar-refractivity contribution in [3.8, 4) is 6.07 Å². The summed E-state index contributed by atoms with van der Waals surface area (Å²) in [6.45, 7) is 6.26. The van der Waals surface area contributed by atoms with Gasteiger partial charge in [0.1, 0.15) is 11.7 Å². The molecule has 0 aliphatic rings. The molecule has 1 heterocycles. The first-order valence-corrected chi connectivity index (χ1v) is 5.37. The van der Waals surface area contributed by atoms with Gasteiger partial charge in [-0.25, -0.2) is 0 Å². The molecular formula is C11H16N4O. The van der Waals surface area contributed by atoms with Gasteiger partial charge in [-0.05, 0) is 26.3 Å². The largest absolute Gasteiger partial charge is 0.335 e. The van der Waals surface area contributed by atoms with Gasteiger partial charge in [-0.1, -0.05) is 6.92 Å². The molecule has 0 radical (unpaired) electrons. The number of hydrogen-bond acceptors (Lipinski definition) is 3. The van der Waals surface area contributed by atoms with Crippen LogP contribution < -0.4 is 5.32 Å². The summed E-state index contributed by atoms with van der Waals surface area (Å²) < 4.78 is 1.63. The number of carbonyl (C=O) groups excluding carboxylic acids is 1. The average Bonchev–Trinajstić information content (AvgIpc) is 2.67. The second kappa shape index (κ2) is 5.31. The zero-order valence-electron chi connectivity index (χ0n) is 9.82. The van der Waals surface area contributed by atoms with E-state index in [1.165, 1.54) is 0 Å². The topological polar surface area (TPSA) is 70.7 Å². The predicted molar refractivity (Wildman–Crippen MR) is 59.8 cm³/mol. The molecule has 0 saturated carbocycles. The van der Waals surface area contributed by atoms with E-state index in [1.807, 2.05) is 26.8 Å². The van der Waals surface area contributed by atoms with Crippen molar-refractivity contribution in [3.63, 3.8) is 0 Å². The van der Waals surface area contributed by atoms with Gasteiger partial charge in [-0.2, -0.15) is 10.4 Å². The summed E-state index contributed by atoms with van der Waals surface area (Å²) in [5.41, 5.74) is 1.31. The summed E-state index contributed by atoms with van der Waals surface area (Å²) in [4.78, 5) is 11.8. The molecule has 1 unspecified atom stereocenters. The molecule has 86 valence electrons. The van der Waals surface area contributed by atoms with Crippen LogP contribution in [0.15, 0.2) is 6.07 Å². The Labute approximate surface area is 95.1 Å². The van der Waals surface area contributed by atoms with Crippen molar-refractivity contribution in [2.45, 2.75) is 39.8 Å². The maximum Gasteiger partial charge on any atom is 0.270 e. The molecule has 1 atom stereocenters. The molecular weight excluding hydrogens is 204 g/mol. The molecule has 1 N–H and O–H groups in total. The number of carbonyl (C=O) groups is 1. The fourth-order valence-corrected chi connectivity index (χ4v) is 1.43. The van der Waals surface area contributed by atoms with Crippen LogP contribution in [0.3, 0.4) is 0 Å². The summed E-state index contributed by atoms with van der Waals surface area (Å²) in [6.07, 6.45) is 0.599. The molecule has 5 heteroatoms. The zero-order valence-corrected chi connectivity index (χ0v) is 9.82. The van der Waals surface area contributed by atoms with E-state index in [4.69, 9.17) is 5.26 Å². The monoisotopic (exact) mass is 220 g/mol. The smallest absolute Gasteiger partial charge is 0.270 e. The number of nitrogens with zero attached hydrogens (tertiary/aromatic N) is 3. The van der Waals surface area contributed by atoms with Gasteiger partial charge in [0.15, 0.2) is 0 Å². The standard InChI is InChI=1S/C11H16N4O/c1-4-9(7-12)13-11(16)10-6-8(3)14-15(10)5-2/h6,9H,4-5H2,1-3H3,(H,13,16). The second-order valence-electron chi connectivity index (χ2n) is 3.55. The van der Waals surface area contributed by atoms with Crippen LogP contribution in [0, 0.1) is 18.3 Å². The highest BCUT2D eigenvalue weighted by Gasteiger charge is 2.15. The first-order valence-electron chi connectivity index (χ1n) is 5.37. The quantitative estimate of drug-likeness (QED) is 0.830. The summed E-state index contributed by atoms with van der Waals surface area (Å²) in [7, 11) is 0. The maximum atomic E-state index is 11.8.